The summed E-state index contributed by atoms with van der Waals surface area (Å²) in [6, 6.07) is 11.3. The van der Waals surface area contributed by atoms with Crippen LogP contribution in [0, 0.1) is 13.8 Å². The van der Waals surface area contributed by atoms with Crippen molar-refractivity contribution in [1.29, 1.82) is 0 Å². The largest absolute Gasteiger partial charge is 0.0654 e. The highest BCUT2D eigenvalue weighted by atomic mass is 14.1. The molecule has 0 radical (unpaired) electrons. The molecule has 0 fully saturated rings. The summed E-state index contributed by atoms with van der Waals surface area (Å²) < 4.78 is 0. The Morgan fingerprint density at radius 1 is 0.750 bits per heavy atom. The van der Waals surface area contributed by atoms with Gasteiger partial charge in [-0.15, -0.1) is 0 Å². The number of unbranched alkanes of at least 4 members (excludes halogenated alkanes) is 5. The van der Waals surface area contributed by atoms with Gasteiger partial charge in [0.05, 0.1) is 0 Å². The highest BCUT2D eigenvalue weighted by Crippen LogP contribution is 2.27. The van der Waals surface area contributed by atoms with Crippen LogP contribution in [0.1, 0.15) is 62.1 Å². The predicted molar refractivity (Wildman–Crippen MR) is 90.5 cm³/mol. The summed E-state index contributed by atoms with van der Waals surface area (Å²) in [6.07, 6.45) is 9.47. The number of aryl methyl sites for hydroxylation is 3. The van der Waals surface area contributed by atoms with Crippen molar-refractivity contribution in [3.05, 3.63) is 47.0 Å². The molecule has 0 N–H and O–H groups in total. The molecule has 0 nitrogen and oxygen atoms in total. The van der Waals surface area contributed by atoms with Crippen molar-refractivity contribution in [3.63, 3.8) is 0 Å². The summed E-state index contributed by atoms with van der Waals surface area (Å²) in [5.74, 6) is 0. The lowest BCUT2D eigenvalue weighted by Gasteiger charge is -2.11. The van der Waals surface area contributed by atoms with Gasteiger partial charge in [0.15, 0.2) is 0 Å². The fraction of sp³-hybridized carbons (Fsp3) is 0.500. The molecule has 2 aromatic carbocycles. The molecule has 2 rings (SSSR count). The molecule has 0 aliphatic rings. The minimum atomic E-state index is 1.23. The van der Waals surface area contributed by atoms with Crippen LogP contribution in [-0.2, 0) is 6.42 Å². The van der Waals surface area contributed by atoms with E-state index in [9.17, 15) is 0 Å². The van der Waals surface area contributed by atoms with Gasteiger partial charge in [-0.05, 0) is 54.2 Å². The number of benzene rings is 2. The van der Waals surface area contributed by atoms with Crippen molar-refractivity contribution in [2.45, 2.75) is 65.7 Å². The maximum atomic E-state index is 2.32. The van der Waals surface area contributed by atoms with Gasteiger partial charge in [0.2, 0.25) is 0 Å². The zero-order valence-corrected chi connectivity index (χ0v) is 13.3. The van der Waals surface area contributed by atoms with Gasteiger partial charge in [0.25, 0.3) is 0 Å². The molecule has 0 aromatic heterocycles. The van der Waals surface area contributed by atoms with Crippen molar-refractivity contribution >= 4 is 10.8 Å². The molecule has 0 saturated carbocycles. The lowest BCUT2D eigenvalue weighted by molar-refractivity contribution is 0.608. The lowest BCUT2D eigenvalue weighted by Crippen LogP contribution is -1.92. The molecule has 0 amide bonds. The van der Waals surface area contributed by atoms with Crippen molar-refractivity contribution < 1.29 is 0 Å². The summed E-state index contributed by atoms with van der Waals surface area (Å²) in [4.78, 5) is 0. The third-order valence-corrected chi connectivity index (χ3v) is 4.35. The fourth-order valence-electron chi connectivity index (χ4n) is 3.12. The Morgan fingerprint density at radius 2 is 1.45 bits per heavy atom. The average molecular weight is 268 g/mol. The van der Waals surface area contributed by atoms with Crippen LogP contribution in [0.2, 0.25) is 0 Å². The SMILES string of the molecule is CCCCCCCCc1cccc2c(C)ccc(C)c12. The minimum absolute atomic E-state index is 1.23. The number of rotatable bonds is 7. The molecule has 0 aliphatic heterocycles. The van der Waals surface area contributed by atoms with E-state index in [1.54, 1.807) is 5.56 Å². The van der Waals surface area contributed by atoms with E-state index >= 15 is 0 Å². The molecule has 0 aliphatic carbocycles. The first-order valence-corrected chi connectivity index (χ1v) is 8.22. The van der Waals surface area contributed by atoms with Gasteiger partial charge in [-0.2, -0.15) is 0 Å². The summed E-state index contributed by atoms with van der Waals surface area (Å²) in [6.45, 7) is 6.74. The first-order chi connectivity index (χ1) is 9.74. The molecule has 0 atom stereocenters. The van der Waals surface area contributed by atoms with Crippen molar-refractivity contribution in [1.82, 2.24) is 0 Å². The number of fused-ring (bicyclic) bond motifs is 1. The van der Waals surface area contributed by atoms with E-state index in [4.69, 9.17) is 0 Å². The van der Waals surface area contributed by atoms with Crippen LogP contribution in [-0.4, -0.2) is 0 Å². The van der Waals surface area contributed by atoms with Crippen molar-refractivity contribution in [2.75, 3.05) is 0 Å². The Labute approximate surface area is 124 Å². The standard InChI is InChI=1S/C20H28/c1-4-5-6-7-8-9-11-18-12-10-13-19-16(2)14-15-17(3)20(18)19/h10,12-15H,4-9,11H2,1-3H3. The predicted octanol–water partition coefficient (Wildman–Crippen LogP) is 6.36. The summed E-state index contributed by atoms with van der Waals surface area (Å²) >= 11 is 0. The summed E-state index contributed by atoms with van der Waals surface area (Å²) in [5.41, 5.74) is 4.36. The van der Waals surface area contributed by atoms with Gasteiger partial charge in [0.1, 0.15) is 0 Å². The zero-order chi connectivity index (χ0) is 14.4. The molecule has 0 spiro atoms. The lowest BCUT2D eigenvalue weighted by atomic mass is 9.94. The molecule has 0 heterocycles. The molecule has 0 heteroatoms. The Hall–Kier alpha value is -1.30. The van der Waals surface area contributed by atoms with E-state index in [1.165, 1.54) is 66.8 Å². The van der Waals surface area contributed by atoms with Gasteiger partial charge >= 0.3 is 0 Å². The smallest absolute Gasteiger partial charge is 0.0120 e. The first-order valence-electron chi connectivity index (χ1n) is 8.22. The Kier molecular flexibility index (Phi) is 5.64. The number of hydrogen-bond acceptors (Lipinski definition) is 0. The van der Waals surface area contributed by atoms with Gasteiger partial charge in [-0.1, -0.05) is 69.4 Å². The summed E-state index contributed by atoms with van der Waals surface area (Å²) in [7, 11) is 0. The third kappa shape index (κ3) is 3.62. The van der Waals surface area contributed by atoms with E-state index in [-0.39, 0.29) is 0 Å². The highest BCUT2D eigenvalue weighted by Gasteiger charge is 2.05. The quantitative estimate of drug-likeness (QED) is 0.512. The fourth-order valence-corrected chi connectivity index (χ4v) is 3.12. The average Bonchev–Trinajstić information content (AvgIpc) is 2.46. The second kappa shape index (κ2) is 7.47. The van der Waals surface area contributed by atoms with E-state index in [0.717, 1.165) is 0 Å². The van der Waals surface area contributed by atoms with Gasteiger partial charge in [-0.3, -0.25) is 0 Å². The van der Waals surface area contributed by atoms with E-state index in [0.29, 0.717) is 0 Å². The van der Waals surface area contributed by atoms with Crippen LogP contribution in [0.15, 0.2) is 30.3 Å². The Balaban J connectivity index is 2.05. The molecule has 108 valence electrons. The van der Waals surface area contributed by atoms with Crippen LogP contribution < -0.4 is 0 Å². The zero-order valence-electron chi connectivity index (χ0n) is 13.3. The highest BCUT2D eigenvalue weighted by molar-refractivity contribution is 5.91. The molecular formula is C20H28. The Morgan fingerprint density at radius 3 is 2.25 bits per heavy atom. The van der Waals surface area contributed by atoms with E-state index in [2.05, 4.69) is 51.1 Å². The van der Waals surface area contributed by atoms with Crippen LogP contribution in [0.5, 0.6) is 0 Å². The maximum absolute atomic E-state index is 2.32. The summed E-state index contributed by atoms with van der Waals surface area (Å²) in [5, 5.41) is 2.94. The molecule has 0 unspecified atom stereocenters. The maximum Gasteiger partial charge on any atom is -0.0120 e. The normalized spacial score (nSPS) is 11.2. The van der Waals surface area contributed by atoms with Crippen molar-refractivity contribution in [3.8, 4) is 0 Å². The topological polar surface area (TPSA) is 0 Å². The van der Waals surface area contributed by atoms with Crippen LogP contribution in [0.3, 0.4) is 0 Å². The van der Waals surface area contributed by atoms with Gasteiger partial charge in [-0.25, -0.2) is 0 Å². The molecular weight excluding hydrogens is 240 g/mol. The first kappa shape index (κ1) is 15.1. The van der Waals surface area contributed by atoms with Gasteiger partial charge < -0.3 is 0 Å². The van der Waals surface area contributed by atoms with E-state index in [1.807, 2.05) is 0 Å². The second-order valence-corrected chi connectivity index (χ2v) is 6.06. The van der Waals surface area contributed by atoms with Crippen LogP contribution >= 0.6 is 0 Å². The minimum Gasteiger partial charge on any atom is -0.0654 e. The van der Waals surface area contributed by atoms with Gasteiger partial charge in [0, 0.05) is 0 Å². The molecule has 0 bridgehead atoms. The van der Waals surface area contributed by atoms with Crippen LogP contribution in [0.25, 0.3) is 10.8 Å². The van der Waals surface area contributed by atoms with Crippen molar-refractivity contribution in [2.24, 2.45) is 0 Å². The van der Waals surface area contributed by atoms with Crippen LogP contribution in [0.4, 0.5) is 0 Å². The molecule has 20 heavy (non-hydrogen) atoms. The Bertz CT molecular complexity index is 551. The monoisotopic (exact) mass is 268 g/mol. The second-order valence-electron chi connectivity index (χ2n) is 6.06. The molecule has 0 saturated heterocycles. The van der Waals surface area contributed by atoms with E-state index < -0.39 is 0 Å². The third-order valence-electron chi connectivity index (χ3n) is 4.35. The molecule has 2 aromatic rings. The number of hydrogen-bond donors (Lipinski definition) is 0.